The van der Waals surface area contributed by atoms with Crippen LogP contribution in [0.3, 0.4) is 0 Å². The van der Waals surface area contributed by atoms with E-state index in [0.29, 0.717) is 5.82 Å². The second-order valence-electron chi connectivity index (χ2n) is 5.90. The summed E-state index contributed by atoms with van der Waals surface area (Å²) in [5, 5.41) is 14.5. The van der Waals surface area contributed by atoms with Gasteiger partial charge < -0.3 is 20.3 Å². The monoisotopic (exact) mass is 315 g/mol. The molecule has 23 heavy (non-hydrogen) atoms. The van der Waals surface area contributed by atoms with Crippen LogP contribution >= 0.6 is 0 Å². The number of aromatic nitrogens is 2. The molecule has 1 aliphatic heterocycles. The molecule has 7 heteroatoms. The van der Waals surface area contributed by atoms with Crippen molar-refractivity contribution in [2.24, 2.45) is 7.05 Å². The summed E-state index contributed by atoms with van der Waals surface area (Å²) >= 11 is 0. The third-order valence-electron chi connectivity index (χ3n) is 4.24. The fourth-order valence-electron chi connectivity index (χ4n) is 3.03. The number of hydrogen-bond acceptors (Lipinski definition) is 5. The average Bonchev–Trinajstić information content (AvgIpc) is 3.18. The molecule has 0 aliphatic carbocycles. The maximum Gasteiger partial charge on any atom is 0.406 e. The molecule has 1 N–H and O–H groups in total. The van der Waals surface area contributed by atoms with Crippen LogP contribution in [-0.4, -0.2) is 39.0 Å². The van der Waals surface area contributed by atoms with Crippen molar-refractivity contribution in [3.8, 4) is 0 Å². The predicted octanol–water partition coefficient (Wildman–Crippen LogP) is 2.58. The van der Waals surface area contributed by atoms with Crippen LogP contribution in [0.1, 0.15) is 24.4 Å². The minimum atomic E-state index is -0.444. The fraction of sp³-hybridized carbons (Fsp3) is 0.438. The van der Waals surface area contributed by atoms with Crippen molar-refractivity contribution in [3.63, 3.8) is 0 Å². The minimum Gasteiger partial charge on any atom is -0.358 e. The number of nitro groups is 1. The summed E-state index contributed by atoms with van der Waals surface area (Å²) in [4.78, 5) is 17.0. The zero-order chi connectivity index (χ0) is 16.2. The SMILES string of the molecule is Cn1cnc([N+](=O)[O-])c1N[C@H](CN1CCCC1)c1ccccc1. The van der Waals surface area contributed by atoms with E-state index >= 15 is 0 Å². The van der Waals surface area contributed by atoms with Gasteiger partial charge in [0, 0.05) is 13.6 Å². The fourth-order valence-corrected chi connectivity index (χ4v) is 3.03. The maximum absolute atomic E-state index is 11.2. The van der Waals surface area contributed by atoms with Crippen molar-refractivity contribution in [1.29, 1.82) is 0 Å². The predicted molar refractivity (Wildman–Crippen MR) is 88.3 cm³/mol. The number of aryl methyl sites for hydroxylation is 1. The highest BCUT2D eigenvalue weighted by atomic mass is 16.6. The molecule has 0 radical (unpaired) electrons. The lowest BCUT2D eigenvalue weighted by molar-refractivity contribution is -0.388. The van der Waals surface area contributed by atoms with Crippen LogP contribution in [0.15, 0.2) is 36.7 Å². The molecule has 1 aromatic carbocycles. The lowest BCUT2D eigenvalue weighted by atomic mass is 10.1. The van der Waals surface area contributed by atoms with E-state index in [4.69, 9.17) is 0 Å². The van der Waals surface area contributed by atoms with Crippen molar-refractivity contribution >= 4 is 11.6 Å². The molecule has 1 aliphatic rings. The van der Waals surface area contributed by atoms with E-state index in [0.717, 1.165) is 25.2 Å². The third-order valence-corrected chi connectivity index (χ3v) is 4.24. The molecule has 1 atom stereocenters. The Hall–Kier alpha value is -2.41. The third kappa shape index (κ3) is 3.50. The molecule has 0 unspecified atom stereocenters. The van der Waals surface area contributed by atoms with Gasteiger partial charge in [-0.15, -0.1) is 0 Å². The number of imidazole rings is 1. The van der Waals surface area contributed by atoms with Gasteiger partial charge >= 0.3 is 5.82 Å². The van der Waals surface area contributed by atoms with E-state index in [1.807, 2.05) is 18.2 Å². The van der Waals surface area contributed by atoms with Crippen LogP contribution in [0.2, 0.25) is 0 Å². The number of anilines is 1. The maximum atomic E-state index is 11.2. The van der Waals surface area contributed by atoms with Crippen molar-refractivity contribution < 1.29 is 4.92 Å². The van der Waals surface area contributed by atoms with Crippen LogP contribution < -0.4 is 5.32 Å². The Kier molecular flexibility index (Phi) is 4.57. The van der Waals surface area contributed by atoms with Gasteiger partial charge in [-0.25, -0.2) is 0 Å². The molecule has 2 aromatic rings. The summed E-state index contributed by atoms with van der Waals surface area (Å²) in [5.41, 5.74) is 1.12. The molecule has 122 valence electrons. The number of hydrogen-bond donors (Lipinski definition) is 1. The highest BCUT2D eigenvalue weighted by Crippen LogP contribution is 2.27. The summed E-state index contributed by atoms with van der Waals surface area (Å²) in [7, 11) is 1.76. The van der Waals surface area contributed by atoms with Crippen molar-refractivity contribution in [2.45, 2.75) is 18.9 Å². The van der Waals surface area contributed by atoms with E-state index in [1.165, 1.54) is 19.2 Å². The summed E-state index contributed by atoms with van der Waals surface area (Å²) in [6.07, 6.45) is 3.90. The summed E-state index contributed by atoms with van der Waals surface area (Å²) in [5.74, 6) is 0.318. The van der Waals surface area contributed by atoms with Gasteiger partial charge in [0.2, 0.25) is 12.1 Å². The van der Waals surface area contributed by atoms with Gasteiger partial charge in [0.05, 0.1) is 6.04 Å². The highest BCUT2D eigenvalue weighted by Gasteiger charge is 2.25. The Balaban J connectivity index is 1.86. The van der Waals surface area contributed by atoms with Gasteiger partial charge in [-0.3, -0.25) is 4.57 Å². The Labute approximate surface area is 135 Å². The minimum absolute atomic E-state index is 0.0107. The molecular formula is C16H21N5O2. The largest absolute Gasteiger partial charge is 0.406 e. The Morgan fingerprint density at radius 3 is 2.65 bits per heavy atom. The first-order valence-electron chi connectivity index (χ1n) is 7.84. The average molecular weight is 315 g/mol. The molecule has 3 rings (SSSR count). The van der Waals surface area contributed by atoms with E-state index in [1.54, 1.807) is 11.6 Å². The number of rotatable bonds is 6. The number of benzene rings is 1. The van der Waals surface area contributed by atoms with Crippen LogP contribution in [0.5, 0.6) is 0 Å². The van der Waals surface area contributed by atoms with Gasteiger partial charge in [-0.05, 0) is 41.4 Å². The Bertz CT molecular complexity index is 664. The van der Waals surface area contributed by atoms with Gasteiger partial charge in [-0.2, -0.15) is 0 Å². The number of nitrogens with zero attached hydrogens (tertiary/aromatic N) is 4. The molecule has 1 aromatic heterocycles. The topological polar surface area (TPSA) is 76.2 Å². The van der Waals surface area contributed by atoms with Gasteiger partial charge in [0.1, 0.15) is 0 Å². The summed E-state index contributed by atoms with van der Waals surface area (Å²) in [6, 6.07) is 10.1. The Morgan fingerprint density at radius 2 is 2.00 bits per heavy atom. The molecule has 1 saturated heterocycles. The molecule has 7 nitrogen and oxygen atoms in total. The first kappa shape index (κ1) is 15.5. The smallest absolute Gasteiger partial charge is 0.358 e. The Morgan fingerprint density at radius 1 is 1.30 bits per heavy atom. The van der Waals surface area contributed by atoms with Gasteiger partial charge in [0.15, 0.2) is 0 Å². The molecule has 0 saturated carbocycles. The molecule has 2 heterocycles. The lowest BCUT2D eigenvalue weighted by Gasteiger charge is -2.25. The molecule has 0 spiro atoms. The van der Waals surface area contributed by atoms with Crippen molar-refractivity contribution in [1.82, 2.24) is 14.5 Å². The molecule has 0 bridgehead atoms. The number of nitrogens with one attached hydrogen (secondary N) is 1. The second-order valence-corrected chi connectivity index (χ2v) is 5.90. The van der Waals surface area contributed by atoms with Gasteiger partial charge in [0.25, 0.3) is 0 Å². The first-order valence-corrected chi connectivity index (χ1v) is 7.84. The lowest BCUT2D eigenvalue weighted by Crippen LogP contribution is -2.30. The van der Waals surface area contributed by atoms with E-state index in [9.17, 15) is 10.1 Å². The van der Waals surface area contributed by atoms with Crippen molar-refractivity contribution in [3.05, 3.63) is 52.3 Å². The van der Waals surface area contributed by atoms with Gasteiger partial charge in [-0.1, -0.05) is 30.3 Å². The van der Waals surface area contributed by atoms with E-state index in [-0.39, 0.29) is 11.9 Å². The van der Waals surface area contributed by atoms with Crippen LogP contribution in [0.4, 0.5) is 11.6 Å². The van der Waals surface area contributed by atoms with Crippen LogP contribution in [-0.2, 0) is 7.05 Å². The molecule has 1 fully saturated rings. The second kappa shape index (κ2) is 6.78. The van der Waals surface area contributed by atoms with Crippen molar-refractivity contribution in [2.75, 3.05) is 25.0 Å². The summed E-state index contributed by atoms with van der Waals surface area (Å²) in [6.45, 7) is 2.99. The van der Waals surface area contributed by atoms with E-state index < -0.39 is 4.92 Å². The molecular weight excluding hydrogens is 294 g/mol. The van der Waals surface area contributed by atoms with E-state index in [2.05, 4.69) is 27.3 Å². The molecule has 0 amide bonds. The standard InChI is InChI=1S/C16H21N5O2/c1-19-12-17-15(21(22)23)16(19)18-14(11-20-9-5-6-10-20)13-7-3-2-4-8-13/h2-4,7-8,12,14,18H,5-6,9-11H2,1H3/t14-/m1/s1. The normalized spacial score (nSPS) is 16.4. The quantitative estimate of drug-likeness (QED) is 0.655. The zero-order valence-electron chi connectivity index (χ0n) is 13.2. The first-order chi connectivity index (χ1) is 11.1. The highest BCUT2D eigenvalue weighted by molar-refractivity contribution is 5.53. The zero-order valence-corrected chi connectivity index (χ0v) is 13.2. The van der Waals surface area contributed by atoms with Crippen LogP contribution in [0.25, 0.3) is 0 Å². The van der Waals surface area contributed by atoms with Crippen LogP contribution in [0, 0.1) is 10.1 Å². The number of likely N-dealkylation sites (tertiary alicyclic amines) is 1. The summed E-state index contributed by atoms with van der Waals surface area (Å²) < 4.78 is 1.66.